The molecule has 1 aliphatic rings. The summed E-state index contributed by atoms with van der Waals surface area (Å²) in [5, 5.41) is 3.01. The summed E-state index contributed by atoms with van der Waals surface area (Å²) in [5.74, 6) is 0.971. The summed E-state index contributed by atoms with van der Waals surface area (Å²) in [4.78, 5) is 22.0. The molecule has 2 amide bonds. The van der Waals surface area contributed by atoms with E-state index in [-0.39, 0.29) is 12.1 Å². The zero-order valence-corrected chi connectivity index (χ0v) is 13.5. The molecule has 0 unspecified atom stereocenters. The Labute approximate surface area is 136 Å². The number of nitrogens with zero attached hydrogens (tertiary/aromatic N) is 2. The van der Waals surface area contributed by atoms with Crippen molar-refractivity contribution in [2.75, 3.05) is 26.3 Å². The van der Waals surface area contributed by atoms with Crippen LogP contribution in [-0.4, -0.2) is 53.2 Å². The second kappa shape index (κ2) is 7.46. The monoisotopic (exact) mass is 316 g/mol. The SMILES string of the molecule is CC[C@H]1COCCN1C(=O)NCCCc1nc2ccccc2[nH]1. The Balaban J connectivity index is 1.44. The molecule has 6 nitrogen and oxygen atoms in total. The largest absolute Gasteiger partial charge is 0.377 e. The first kappa shape index (κ1) is 15.8. The van der Waals surface area contributed by atoms with Gasteiger partial charge in [-0.25, -0.2) is 9.78 Å². The number of benzene rings is 1. The lowest BCUT2D eigenvalue weighted by molar-refractivity contribution is 0.0113. The number of fused-ring (bicyclic) bond motifs is 1. The summed E-state index contributed by atoms with van der Waals surface area (Å²) in [5.41, 5.74) is 2.05. The van der Waals surface area contributed by atoms with Crippen LogP contribution in [0.15, 0.2) is 24.3 Å². The summed E-state index contributed by atoms with van der Waals surface area (Å²) in [6, 6.07) is 8.22. The molecule has 1 saturated heterocycles. The van der Waals surface area contributed by atoms with Gasteiger partial charge in [0, 0.05) is 19.5 Å². The number of para-hydroxylation sites is 2. The van der Waals surface area contributed by atoms with E-state index in [0.717, 1.165) is 36.1 Å². The molecule has 0 aliphatic carbocycles. The third-order valence-corrected chi connectivity index (χ3v) is 4.26. The van der Waals surface area contributed by atoms with Crippen molar-refractivity contribution < 1.29 is 9.53 Å². The molecule has 3 rings (SSSR count). The van der Waals surface area contributed by atoms with Gasteiger partial charge >= 0.3 is 6.03 Å². The first-order valence-corrected chi connectivity index (χ1v) is 8.33. The number of ether oxygens (including phenoxy) is 1. The van der Waals surface area contributed by atoms with Gasteiger partial charge in [0.15, 0.2) is 0 Å². The Morgan fingerprint density at radius 2 is 2.35 bits per heavy atom. The quantitative estimate of drug-likeness (QED) is 0.832. The van der Waals surface area contributed by atoms with E-state index in [0.29, 0.717) is 26.3 Å². The highest BCUT2D eigenvalue weighted by Gasteiger charge is 2.25. The average molecular weight is 316 g/mol. The Bertz CT molecular complexity index is 622. The van der Waals surface area contributed by atoms with Crippen molar-refractivity contribution >= 4 is 17.1 Å². The Kier molecular flexibility index (Phi) is 5.12. The van der Waals surface area contributed by atoms with Crippen molar-refractivity contribution in [2.24, 2.45) is 0 Å². The number of aromatic amines is 1. The highest BCUT2D eigenvalue weighted by Crippen LogP contribution is 2.12. The summed E-state index contributed by atoms with van der Waals surface area (Å²) in [6.07, 6.45) is 2.62. The molecule has 0 saturated carbocycles. The second-order valence-electron chi connectivity index (χ2n) is 5.87. The van der Waals surface area contributed by atoms with Gasteiger partial charge < -0.3 is 19.9 Å². The molecule has 0 radical (unpaired) electrons. The highest BCUT2D eigenvalue weighted by atomic mass is 16.5. The van der Waals surface area contributed by atoms with Gasteiger partial charge in [-0.15, -0.1) is 0 Å². The second-order valence-corrected chi connectivity index (χ2v) is 5.87. The van der Waals surface area contributed by atoms with Crippen LogP contribution < -0.4 is 5.32 Å². The maximum atomic E-state index is 12.3. The molecule has 2 N–H and O–H groups in total. The number of carbonyl (C=O) groups excluding carboxylic acids is 1. The minimum atomic E-state index is 0.0183. The molecule has 23 heavy (non-hydrogen) atoms. The van der Waals surface area contributed by atoms with Crippen LogP contribution in [0, 0.1) is 0 Å². The van der Waals surface area contributed by atoms with Crippen LogP contribution in [0.2, 0.25) is 0 Å². The molecule has 124 valence electrons. The molecular weight excluding hydrogens is 292 g/mol. The number of hydrogen-bond acceptors (Lipinski definition) is 3. The minimum Gasteiger partial charge on any atom is -0.377 e. The summed E-state index contributed by atoms with van der Waals surface area (Å²) in [6.45, 7) is 4.69. The fraction of sp³-hybridized carbons (Fsp3) is 0.529. The number of aryl methyl sites for hydroxylation is 1. The van der Waals surface area contributed by atoms with Gasteiger partial charge in [0.05, 0.1) is 30.3 Å². The molecule has 0 spiro atoms. The number of amides is 2. The van der Waals surface area contributed by atoms with Crippen LogP contribution in [0.5, 0.6) is 0 Å². The molecule has 2 aromatic rings. The van der Waals surface area contributed by atoms with E-state index in [1.165, 1.54) is 0 Å². The van der Waals surface area contributed by atoms with E-state index in [1.54, 1.807) is 0 Å². The van der Waals surface area contributed by atoms with E-state index in [9.17, 15) is 4.79 Å². The third-order valence-electron chi connectivity index (χ3n) is 4.26. The van der Waals surface area contributed by atoms with Gasteiger partial charge in [-0.2, -0.15) is 0 Å². The molecule has 1 aromatic heterocycles. The van der Waals surface area contributed by atoms with Crippen LogP contribution in [0.25, 0.3) is 11.0 Å². The van der Waals surface area contributed by atoms with Crippen LogP contribution in [0.3, 0.4) is 0 Å². The van der Waals surface area contributed by atoms with E-state index in [4.69, 9.17) is 4.74 Å². The number of H-pyrrole nitrogens is 1. The van der Waals surface area contributed by atoms with Gasteiger partial charge in [-0.3, -0.25) is 0 Å². The van der Waals surface area contributed by atoms with Crippen molar-refractivity contribution in [3.63, 3.8) is 0 Å². The molecule has 2 heterocycles. The Hall–Kier alpha value is -2.08. The minimum absolute atomic E-state index is 0.0183. The number of aromatic nitrogens is 2. The van der Waals surface area contributed by atoms with E-state index in [2.05, 4.69) is 22.2 Å². The third kappa shape index (κ3) is 3.82. The van der Waals surface area contributed by atoms with Crippen molar-refractivity contribution in [3.8, 4) is 0 Å². The molecule has 1 fully saturated rings. The molecule has 1 aromatic carbocycles. The standard InChI is InChI=1S/C17H24N4O2/c1-2-13-12-23-11-10-21(13)17(22)18-9-5-8-16-19-14-6-3-4-7-15(14)20-16/h3-4,6-7,13H,2,5,8-12H2,1H3,(H,18,22)(H,19,20)/t13-/m0/s1. The Morgan fingerprint density at radius 3 is 3.17 bits per heavy atom. The smallest absolute Gasteiger partial charge is 0.317 e. The molecule has 6 heteroatoms. The van der Waals surface area contributed by atoms with E-state index in [1.807, 2.05) is 29.2 Å². The average Bonchev–Trinajstić information content (AvgIpc) is 3.01. The first-order valence-electron chi connectivity index (χ1n) is 8.33. The summed E-state index contributed by atoms with van der Waals surface area (Å²) >= 11 is 0. The number of urea groups is 1. The lowest BCUT2D eigenvalue weighted by Crippen LogP contribution is -2.52. The lowest BCUT2D eigenvalue weighted by Gasteiger charge is -2.35. The van der Waals surface area contributed by atoms with E-state index < -0.39 is 0 Å². The zero-order chi connectivity index (χ0) is 16.1. The highest BCUT2D eigenvalue weighted by molar-refractivity contribution is 5.75. The summed E-state index contributed by atoms with van der Waals surface area (Å²) < 4.78 is 5.43. The lowest BCUT2D eigenvalue weighted by atomic mass is 10.2. The molecule has 1 aliphatic heterocycles. The van der Waals surface area contributed by atoms with Gasteiger partial charge in [0.2, 0.25) is 0 Å². The fourth-order valence-electron chi connectivity index (χ4n) is 2.94. The van der Waals surface area contributed by atoms with Gasteiger partial charge in [0.25, 0.3) is 0 Å². The number of morpholine rings is 1. The summed E-state index contributed by atoms with van der Waals surface area (Å²) in [7, 11) is 0. The maximum Gasteiger partial charge on any atom is 0.317 e. The predicted molar refractivity (Wildman–Crippen MR) is 89.4 cm³/mol. The Morgan fingerprint density at radius 1 is 1.48 bits per heavy atom. The fourth-order valence-corrected chi connectivity index (χ4v) is 2.94. The predicted octanol–water partition coefficient (Wildman–Crippen LogP) is 2.32. The van der Waals surface area contributed by atoms with Crippen molar-refractivity contribution in [2.45, 2.75) is 32.2 Å². The number of carbonyl (C=O) groups is 1. The van der Waals surface area contributed by atoms with Crippen LogP contribution >= 0.6 is 0 Å². The van der Waals surface area contributed by atoms with Gasteiger partial charge in [-0.1, -0.05) is 19.1 Å². The first-order chi connectivity index (χ1) is 11.3. The van der Waals surface area contributed by atoms with Crippen LogP contribution in [0.1, 0.15) is 25.6 Å². The van der Waals surface area contributed by atoms with Gasteiger partial charge in [0.1, 0.15) is 5.82 Å². The zero-order valence-electron chi connectivity index (χ0n) is 13.5. The van der Waals surface area contributed by atoms with Crippen molar-refractivity contribution in [3.05, 3.63) is 30.1 Å². The number of rotatable bonds is 5. The molecular formula is C17H24N4O2. The van der Waals surface area contributed by atoms with E-state index >= 15 is 0 Å². The van der Waals surface area contributed by atoms with Crippen molar-refractivity contribution in [1.82, 2.24) is 20.2 Å². The van der Waals surface area contributed by atoms with Crippen molar-refractivity contribution in [1.29, 1.82) is 0 Å². The molecule has 1 atom stereocenters. The van der Waals surface area contributed by atoms with Crippen LogP contribution in [-0.2, 0) is 11.2 Å². The number of hydrogen-bond donors (Lipinski definition) is 2. The normalized spacial score (nSPS) is 18.3. The molecule has 0 bridgehead atoms. The maximum absolute atomic E-state index is 12.3. The van der Waals surface area contributed by atoms with Gasteiger partial charge in [-0.05, 0) is 25.0 Å². The number of imidazole rings is 1. The van der Waals surface area contributed by atoms with Crippen LogP contribution in [0.4, 0.5) is 4.79 Å². The topological polar surface area (TPSA) is 70.2 Å². The number of nitrogens with one attached hydrogen (secondary N) is 2.